The molecule has 0 saturated heterocycles. The lowest BCUT2D eigenvalue weighted by Crippen LogP contribution is -2.46. The molecule has 0 rings (SSSR count). The van der Waals surface area contributed by atoms with E-state index in [1.807, 2.05) is 0 Å². The normalized spacial score (nSPS) is 11.5. The van der Waals surface area contributed by atoms with Crippen molar-refractivity contribution in [3.8, 4) is 0 Å². The van der Waals surface area contributed by atoms with Crippen molar-refractivity contribution in [2.24, 2.45) is 5.92 Å². The maximum Gasteiger partial charge on any atom is 0.305 e. The van der Waals surface area contributed by atoms with Crippen LogP contribution in [0.4, 0.5) is 0 Å². The van der Waals surface area contributed by atoms with Gasteiger partial charge in [-0.25, -0.2) is 0 Å². The number of carbonyl (C=O) groups excluding carboxylic acids is 1. The number of hydrogen-bond donors (Lipinski definition) is 2. The van der Waals surface area contributed by atoms with E-state index in [4.69, 9.17) is 5.11 Å². The van der Waals surface area contributed by atoms with Crippen molar-refractivity contribution < 1.29 is 14.7 Å². The smallest absolute Gasteiger partial charge is 0.305 e. The number of hydrogen-bond acceptors (Lipinski definition) is 2. The van der Waals surface area contributed by atoms with Gasteiger partial charge in [0.05, 0.1) is 6.42 Å². The monoisotopic (exact) mass is 187 g/mol. The summed E-state index contributed by atoms with van der Waals surface area (Å²) >= 11 is 0. The molecule has 0 aromatic rings. The van der Waals surface area contributed by atoms with Crippen LogP contribution in [0.25, 0.3) is 0 Å². The van der Waals surface area contributed by atoms with Gasteiger partial charge >= 0.3 is 5.97 Å². The first kappa shape index (κ1) is 11.9. The lowest BCUT2D eigenvalue weighted by Gasteiger charge is -2.25. The molecule has 0 unspecified atom stereocenters. The average Bonchev–Trinajstić information content (AvgIpc) is 1.81. The third-order valence-electron chi connectivity index (χ3n) is 1.58. The second-order valence-electron chi connectivity index (χ2n) is 4.10. The number of amides is 1. The predicted octanol–water partition coefficient (Wildman–Crippen LogP) is 1.01. The predicted molar refractivity (Wildman–Crippen MR) is 49.3 cm³/mol. The van der Waals surface area contributed by atoms with Gasteiger partial charge in [-0.2, -0.15) is 0 Å². The van der Waals surface area contributed by atoms with Gasteiger partial charge in [-0.15, -0.1) is 0 Å². The van der Waals surface area contributed by atoms with E-state index in [2.05, 4.69) is 5.32 Å². The van der Waals surface area contributed by atoms with Gasteiger partial charge in [0.15, 0.2) is 0 Å². The van der Waals surface area contributed by atoms with Gasteiger partial charge in [-0.3, -0.25) is 9.59 Å². The summed E-state index contributed by atoms with van der Waals surface area (Å²) in [5.41, 5.74) is -0.673. The first-order chi connectivity index (χ1) is 5.74. The molecule has 0 saturated carbocycles. The molecule has 13 heavy (non-hydrogen) atoms. The van der Waals surface area contributed by atoms with Crippen molar-refractivity contribution in [1.29, 1.82) is 0 Å². The summed E-state index contributed by atoms with van der Waals surface area (Å²) in [5, 5.41) is 11.2. The quantitative estimate of drug-likeness (QED) is 0.690. The molecule has 0 radical (unpaired) electrons. The second-order valence-corrected chi connectivity index (χ2v) is 4.10. The molecule has 76 valence electrons. The Morgan fingerprint density at radius 1 is 1.38 bits per heavy atom. The van der Waals surface area contributed by atoms with Crippen LogP contribution in [-0.4, -0.2) is 22.5 Å². The van der Waals surface area contributed by atoms with Gasteiger partial charge in [0.2, 0.25) is 5.91 Å². The van der Waals surface area contributed by atoms with Crippen LogP contribution in [0.3, 0.4) is 0 Å². The SMILES string of the molecule is CC(C)C(=O)NC(C)(C)CC(=O)O. The third-order valence-corrected chi connectivity index (χ3v) is 1.58. The Bertz CT molecular complexity index is 209. The van der Waals surface area contributed by atoms with Crippen LogP contribution >= 0.6 is 0 Å². The van der Waals surface area contributed by atoms with E-state index in [0.29, 0.717) is 0 Å². The molecular weight excluding hydrogens is 170 g/mol. The number of carbonyl (C=O) groups is 2. The van der Waals surface area contributed by atoms with Crippen molar-refractivity contribution in [1.82, 2.24) is 5.32 Å². The van der Waals surface area contributed by atoms with Crippen LogP contribution in [0.2, 0.25) is 0 Å². The van der Waals surface area contributed by atoms with Crippen LogP contribution in [0.15, 0.2) is 0 Å². The zero-order chi connectivity index (χ0) is 10.6. The average molecular weight is 187 g/mol. The standard InChI is InChI=1S/C9H17NO3/c1-6(2)8(13)10-9(3,4)5-7(11)12/h6H,5H2,1-4H3,(H,10,13)(H,11,12). The molecule has 0 fully saturated rings. The summed E-state index contributed by atoms with van der Waals surface area (Å²) in [4.78, 5) is 21.7. The van der Waals surface area contributed by atoms with Crippen molar-refractivity contribution >= 4 is 11.9 Å². The first-order valence-corrected chi connectivity index (χ1v) is 4.28. The van der Waals surface area contributed by atoms with Gasteiger partial charge < -0.3 is 10.4 Å². The Hall–Kier alpha value is -1.06. The fourth-order valence-electron chi connectivity index (χ4n) is 0.900. The van der Waals surface area contributed by atoms with Crippen LogP contribution in [0.1, 0.15) is 34.1 Å². The molecule has 1 amide bonds. The number of aliphatic carboxylic acids is 1. The highest BCUT2D eigenvalue weighted by Crippen LogP contribution is 2.09. The second kappa shape index (κ2) is 4.25. The van der Waals surface area contributed by atoms with Gasteiger partial charge in [0, 0.05) is 11.5 Å². The lowest BCUT2D eigenvalue weighted by molar-refractivity contribution is -0.138. The summed E-state index contributed by atoms with van der Waals surface area (Å²) in [6, 6.07) is 0. The van der Waals surface area contributed by atoms with E-state index in [-0.39, 0.29) is 18.2 Å². The lowest BCUT2D eigenvalue weighted by atomic mass is 10.00. The topological polar surface area (TPSA) is 66.4 Å². The van der Waals surface area contributed by atoms with E-state index in [1.54, 1.807) is 27.7 Å². The molecule has 0 aliphatic carbocycles. The number of rotatable bonds is 4. The van der Waals surface area contributed by atoms with Crippen molar-refractivity contribution in [3.05, 3.63) is 0 Å². The summed E-state index contributed by atoms with van der Waals surface area (Å²) in [6.07, 6.45) is -0.0640. The zero-order valence-electron chi connectivity index (χ0n) is 8.55. The highest BCUT2D eigenvalue weighted by atomic mass is 16.4. The molecule has 0 aromatic heterocycles. The van der Waals surface area contributed by atoms with Crippen LogP contribution < -0.4 is 5.32 Å². The van der Waals surface area contributed by atoms with Crippen molar-refractivity contribution in [2.45, 2.75) is 39.7 Å². The fraction of sp³-hybridized carbons (Fsp3) is 0.778. The third kappa shape index (κ3) is 5.22. The summed E-state index contributed by atoms with van der Waals surface area (Å²) in [5.74, 6) is -1.15. The van der Waals surface area contributed by atoms with Crippen LogP contribution in [0.5, 0.6) is 0 Å². The molecule has 0 aliphatic heterocycles. The minimum absolute atomic E-state index is 0.0640. The molecule has 0 atom stereocenters. The van der Waals surface area contributed by atoms with E-state index in [0.717, 1.165) is 0 Å². The largest absolute Gasteiger partial charge is 0.481 e. The van der Waals surface area contributed by atoms with Gasteiger partial charge in [0.1, 0.15) is 0 Å². The Morgan fingerprint density at radius 2 is 1.85 bits per heavy atom. The first-order valence-electron chi connectivity index (χ1n) is 4.28. The Kier molecular flexibility index (Phi) is 3.91. The minimum atomic E-state index is -0.908. The zero-order valence-corrected chi connectivity index (χ0v) is 8.55. The van der Waals surface area contributed by atoms with E-state index >= 15 is 0 Å². The van der Waals surface area contributed by atoms with Crippen molar-refractivity contribution in [2.75, 3.05) is 0 Å². The van der Waals surface area contributed by atoms with E-state index in [9.17, 15) is 9.59 Å². The highest BCUT2D eigenvalue weighted by molar-refractivity contribution is 5.79. The molecule has 2 N–H and O–H groups in total. The molecule has 0 aliphatic rings. The number of carboxylic acid groups (broad SMARTS) is 1. The number of carboxylic acids is 1. The summed E-state index contributed by atoms with van der Waals surface area (Å²) in [7, 11) is 0. The molecule has 0 spiro atoms. The van der Waals surface area contributed by atoms with Gasteiger partial charge in [-0.1, -0.05) is 13.8 Å². The number of nitrogens with one attached hydrogen (secondary N) is 1. The van der Waals surface area contributed by atoms with E-state index < -0.39 is 11.5 Å². The molecule has 0 heterocycles. The van der Waals surface area contributed by atoms with Crippen molar-refractivity contribution in [3.63, 3.8) is 0 Å². The maximum absolute atomic E-state index is 11.2. The van der Waals surface area contributed by atoms with Crippen LogP contribution in [0, 0.1) is 5.92 Å². The Morgan fingerprint density at radius 3 is 2.15 bits per heavy atom. The molecule has 4 heteroatoms. The molecule has 0 aromatic carbocycles. The van der Waals surface area contributed by atoms with Gasteiger partial charge in [-0.05, 0) is 13.8 Å². The molecule has 4 nitrogen and oxygen atoms in total. The molecular formula is C9H17NO3. The molecule has 0 bridgehead atoms. The summed E-state index contributed by atoms with van der Waals surface area (Å²) < 4.78 is 0. The fourth-order valence-corrected chi connectivity index (χ4v) is 0.900. The van der Waals surface area contributed by atoms with Gasteiger partial charge in [0.25, 0.3) is 0 Å². The maximum atomic E-state index is 11.2. The van der Waals surface area contributed by atoms with E-state index in [1.165, 1.54) is 0 Å². The minimum Gasteiger partial charge on any atom is -0.481 e. The summed E-state index contributed by atoms with van der Waals surface area (Å²) in [6.45, 7) is 6.93. The Balaban J connectivity index is 4.16. The Labute approximate surface area is 78.3 Å². The highest BCUT2D eigenvalue weighted by Gasteiger charge is 2.24. The van der Waals surface area contributed by atoms with Crippen LogP contribution in [-0.2, 0) is 9.59 Å².